The summed E-state index contributed by atoms with van der Waals surface area (Å²) in [5.74, 6) is 0. The monoisotopic (exact) mass is 197 g/mol. The van der Waals surface area contributed by atoms with E-state index < -0.39 is 0 Å². The molecule has 2 nitrogen and oxygen atoms in total. The van der Waals surface area contributed by atoms with Crippen LogP contribution < -0.4 is 0 Å². The predicted molar refractivity (Wildman–Crippen MR) is 59.4 cm³/mol. The van der Waals surface area contributed by atoms with Gasteiger partial charge in [0.05, 0.1) is 18.2 Å². The van der Waals surface area contributed by atoms with Crippen LogP contribution in [0.5, 0.6) is 0 Å². The van der Waals surface area contributed by atoms with Crippen LogP contribution in [0, 0.1) is 0 Å². The first-order valence-electron chi connectivity index (χ1n) is 5.10. The van der Waals surface area contributed by atoms with Crippen molar-refractivity contribution < 1.29 is 4.42 Å². The fourth-order valence-corrected chi connectivity index (χ4v) is 1.99. The Morgan fingerprint density at radius 3 is 2.93 bits per heavy atom. The van der Waals surface area contributed by atoms with Gasteiger partial charge in [0.25, 0.3) is 0 Å². The van der Waals surface area contributed by atoms with Crippen molar-refractivity contribution in [1.29, 1.82) is 0 Å². The molecule has 0 saturated carbocycles. The normalized spacial score (nSPS) is 14.5. The van der Waals surface area contributed by atoms with Crippen molar-refractivity contribution in [3.8, 4) is 0 Å². The molecule has 0 atom stereocenters. The minimum Gasteiger partial charge on any atom is -0.472 e. The van der Waals surface area contributed by atoms with E-state index in [1.165, 1.54) is 11.1 Å². The van der Waals surface area contributed by atoms with Gasteiger partial charge in [-0.2, -0.15) is 0 Å². The number of hydrogen-bond acceptors (Lipinski definition) is 2. The second-order valence-corrected chi connectivity index (χ2v) is 3.65. The van der Waals surface area contributed by atoms with Crippen LogP contribution in [0.4, 0.5) is 0 Å². The lowest BCUT2D eigenvalue weighted by Gasteiger charge is -2.15. The first-order valence-corrected chi connectivity index (χ1v) is 5.10. The molecular weight excluding hydrogens is 186 g/mol. The van der Waals surface area contributed by atoms with Crippen molar-refractivity contribution in [1.82, 2.24) is 0 Å². The Hall–Kier alpha value is -1.83. The first-order chi connectivity index (χ1) is 7.45. The second kappa shape index (κ2) is 3.39. The number of furan rings is 1. The molecule has 2 aromatic rings. The Morgan fingerprint density at radius 2 is 2.07 bits per heavy atom. The van der Waals surface area contributed by atoms with Crippen LogP contribution in [0.15, 0.2) is 52.3 Å². The highest BCUT2D eigenvalue weighted by Crippen LogP contribution is 2.20. The second-order valence-electron chi connectivity index (χ2n) is 3.65. The molecule has 0 radical (unpaired) electrons. The number of nitrogens with zero attached hydrogens (tertiary/aromatic N) is 1. The SMILES string of the molecule is c1ccc2c(c1)CCN=C2c1ccoc1. The zero-order chi connectivity index (χ0) is 10.1. The maximum atomic E-state index is 5.10. The zero-order valence-corrected chi connectivity index (χ0v) is 8.31. The smallest absolute Gasteiger partial charge is 0.0996 e. The predicted octanol–water partition coefficient (Wildman–Crippen LogP) is 2.67. The van der Waals surface area contributed by atoms with Crippen molar-refractivity contribution in [2.75, 3.05) is 6.54 Å². The van der Waals surface area contributed by atoms with E-state index in [1.807, 2.05) is 6.07 Å². The van der Waals surface area contributed by atoms with Gasteiger partial charge >= 0.3 is 0 Å². The van der Waals surface area contributed by atoms with Gasteiger partial charge in [-0.25, -0.2) is 0 Å². The highest BCUT2D eigenvalue weighted by atomic mass is 16.3. The maximum absolute atomic E-state index is 5.10. The quantitative estimate of drug-likeness (QED) is 0.690. The van der Waals surface area contributed by atoms with Crippen LogP contribution >= 0.6 is 0 Å². The van der Waals surface area contributed by atoms with Gasteiger partial charge < -0.3 is 4.42 Å². The number of fused-ring (bicyclic) bond motifs is 1. The molecule has 0 amide bonds. The van der Waals surface area contributed by atoms with Gasteiger partial charge in [0, 0.05) is 17.7 Å². The van der Waals surface area contributed by atoms with Crippen LogP contribution in [0.3, 0.4) is 0 Å². The summed E-state index contributed by atoms with van der Waals surface area (Å²) in [5, 5.41) is 0. The summed E-state index contributed by atoms with van der Waals surface area (Å²) in [7, 11) is 0. The molecule has 0 fully saturated rings. The van der Waals surface area contributed by atoms with Crippen molar-refractivity contribution in [3.63, 3.8) is 0 Å². The highest BCUT2D eigenvalue weighted by Gasteiger charge is 2.15. The van der Waals surface area contributed by atoms with Gasteiger partial charge in [-0.15, -0.1) is 0 Å². The van der Waals surface area contributed by atoms with Gasteiger partial charge in [0.2, 0.25) is 0 Å². The van der Waals surface area contributed by atoms with Crippen LogP contribution in [0.25, 0.3) is 0 Å². The average molecular weight is 197 g/mol. The number of aliphatic imine (C=N–C) groups is 1. The molecule has 1 aromatic heterocycles. The van der Waals surface area contributed by atoms with Crippen LogP contribution in [0.2, 0.25) is 0 Å². The molecule has 0 bridgehead atoms. The standard InChI is InChI=1S/C13H11NO/c1-2-4-12-10(3-1)5-7-14-13(12)11-6-8-15-9-11/h1-4,6,8-9H,5,7H2. The fourth-order valence-electron chi connectivity index (χ4n) is 1.99. The van der Waals surface area contributed by atoms with Gasteiger partial charge in [-0.05, 0) is 18.1 Å². The van der Waals surface area contributed by atoms with Crippen molar-refractivity contribution >= 4 is 5.71 Å². The third-order valence-electron chi connectivity index (χ3n) is 2.72. The number of hydrogen-bond donors (Lipinski definition) is 0. The lowest BCUT2D eigenvalue weighted by molar-refractivity contribution is 0.567. The van der Waals surface area contributed by atoms with E-state index >= 15 is 0 Å². The Morgan fingerprint density at radius 1 is 1.13 bits per heavy atom. The summed E-state index contributed by atoms with van der Waals surface area (Å²) in [6.07, 6.45) is 4.48. The lowest BCUT2D eigenvalue weighted by Crippen LogP contribution is -2.13. The topological polar surface area (TPSA) is 25.5 Å². The van der Waals surface area contributed by atoms with E-state index in [4.69, 9.17) is 4.42 Å². The van der Waals surface area contributed by atoms with Crippen LogP contribution in [-0.4, -0.2) is 12.3 Å². The Bertz CT molecular complexity index is 497. The van der Waals surface area contributed by atoms with Crippen molar-refractivity contribution in [2.24, 2.45) is 4.99 Å². The van der Waals surface area contributed by atoms with Gasteiger partial charge in [0.1, 0.15) is 0 Å². The molecule has 2 heterocycles. The van der Waals surface area contributed by atoms with Gasteiger partial charge in [-0.1, -0.05) is 24.3 Å². The van der Waals surface area contributed by atoms with E-state index in [-0.39, 0.29) is 0 Å². The summed E-state index contributed by atoms with van der Waals surface area (Å²) in [4.78, 5) is 4.57. The largest absolute Gasteiger partial charge is 0.472 e. The summed E-state index contributed by atoms with van der Waals surface area (Å²) < 4.78 is 5.10. The molecule has 0 unspecified atom stereocenters. The maximum Gasteiger partial charge on any atom is 0.0996 e. The van der Waals surface area contributed by atoms with E-state index in [1.54, 1.807) is 12.5 Å². The van der Waals surface area contributed by atoms with E-state index in [0.717, 1.165) is 24.2 Å². The molecule has 2 heteroatoms. The van der Waals surface area contributed by atoms with Crippen molar-refractivity contribution in [3.05, 3.63) is 59.5 Å². The third-order valence-corrected chi connectivity index (χ3v) is 2.72. The molecule has 0 saturated heterocycles. The van der Waals surface area contributed by atoms with Crippen LogP contribution in [0.1, 0.15) is 16.7 Å². The van der Waals surface area contributed by atoms with Crippen LogP contribution in [-0.2, 0) is 6.42 Å². The summed E-state index contributed by atoms with van der Waals surface area (Å²) in [6, 6.07) is 10.4. The number of rotatable bonds is 1. The van der Waals surface area contributed by atoms with E-state index in [2.05, 4.69) is 29.3 Å². The average Bonchev–Trinajstić information content (AvgIpc) is 2.82. The zero-order valence-electron chi connectivity index (χ0n) is 8.31. The molecule has 74 valence electrons. The molecule has 0 spiro atoms. The van der Waals surface area contributed by atoms with E-state index in [9.17, 15) is 0 Å². The lowest BCUT2D eigenvalue weighted by atomic mass is 9.95. The molecule has 1 aromatic carbocycles. The minimum atomic E-state index is 0.873. The molecule has 0 N–H and O–H groups in total. The number of benzene rings is 1. The molecule has 1 aliphatic heterocycles. The minimum absolute atomic E-state index is 0.873. The first kappa shape index (κ1) is 8.48. The molecule has 15 heavy (non-hydrogen) atoms. The van der Waals surface area contributed by atoms with Gasteiger partial charge in [-0.3, -0.25) is 4.99 Å². The van der Waals surface area contributed by atoms with Crippen molar-refractivity contribution in [2.45, 2.75) is 6.42 Å². The fraction of sp³-hybridized carbons (Fsp3) is 0.154. The molecular formula is C13H11NO. The Balaban J connectivity index is 2.15. The molecule has 3 rings (SSSR count). The molecule has 1 aliphatic rings. The highest BCUT2D eigenvalue weighted by molar-refractivity contribution is 6.14. The molecule has 0 aliphatic carbocycles. The Labute approximate surface area is 88.3 Å². The summed E-state index contributed by atoms with van der Waals surface area (Å²) in [6.45, 7) is 0.873. The summed E-state index contributed by atoms with van der Waals surface area (Å²) >= 11 is 0. The van der Waals surface area contributed by atoms with E-state index in [0.29, 0.717) is 0 Å². The summed E-state index contributed by atoms with van der Waals surface area (Å²) in [5.41, 5.74) is 4.75. The Kier molecular flexibility index (Phi) is 1.91. The third kappa shape index (κ3) is 1.38. The van der Waals surface area contributed by atoms with Gasteiger partial charge in [0.15, 0.2) is 0 Å².